The minimum absolute atomic E-state index is 0.542. The third kappa shape index (κ3) is 4.73. The van der Waals surface area contributed by atoms with Gasteiger partial charge in [-0.25, -0.2) is 19.3 Å². The molecule has 0 bridgehead atoms. The van der Waals surface area contributed by atoms with Gasteiger partial charge in [0, 0.05) is 0 Å². The van der Waals surface area contributed by atoms with Crippen LogP contribution in [0, 0.1) is 13.8 Å². The molecule has 1 amide bonds. The van der Waals surface area contributed by atoms with Crippen molar-refractivity contribution in [3.8, 4) is 0 Å². The van der Waals surface area contributed by atoms with E-state index in [9.17, 15) is 14.7 Å². The fraction of sp³-hybridized carbons (Fsp3) is 0.692. The van der Waals surface area contributed by atoms with Crippen molar-refractivity contribution in [1.82, 2.24) is 20.1 Å². The molecule has 8 heteroatoms. The van der Waals surface area contributed by atoms with Crippen molar-refractivity contribution in [3.05, 3.63) is 11.6 Å². The Labute approximate surface area is 123 Å². The second kappa shape index (κ2) is 6.11. The van der Waals surface area contributed by atoms with E-state index in [1.165, 1.54) is 4.68 Å². The van der Waals surface area contributed by atoms with Crippen LogP contribution in [0.2, 0.25) is 0 Å². The van der Waals surface area contributed by atoms with E-state index in [4.69, 9.17) is 4.74 Å². The summed E-state index contributed by atoms with van der Waals surface area (Å²) in [6.07, 6.45) is -0.781. The second-order valence-electron chi connectivity index (χ2n) is 5.85. The Balaban J connectivity index is 2.89. The smallest absolute Gasteiger partial charge is 0.408 e. The first-order valence-electron chi connectivity index (χ1n) is 6.63. The molecule has 0 radical (unpaired) electrons. The monoisotopic (exact) mass is 298 g/mol. The number of nitrogens with one attached hydrogen (secondary N) is 1. The molecular weight excluding hydrogens is 276 g/mol. The molecule has 0 spiro atoms. The summed E-state index contributed by atoms with van der Waals surface area (Å²) >= 11 is 0. The number of ether oxygens (including phenoxy) is 1. The molecule has 0 aromatic carbocycles. The van der Waals surface area contributed by atoms with Crippen LogP contribution < -0.4 is 5.32 Å². The van der Waals surface area contributed by atoms with E-state index in [-0.39, 0.29) is 0 Å². The second-order valence-corrected chi connectivity index (χ2v) is 5.85. The van der Waals surface area contributed by atoms with Gasteiger partial charge in [0.15, 0.2) is 6.04 Å². The molecule has 1 heterocycles. The zero-order valence-corrected chi connectivity index (χ0v) is 13.2. The van der Waals surface area contributed by atoms with E-state index >= 15 is 0 Å². The van der Waals surface area contributed by atoms with Gasteiger partial charge in [-0.1, -0.05) is 0 Å². The van der Waals surface area contributed by atoms with Crippen molar-refractivity contribution in [1.29, 1.82) is 0 Å². The molecule has 118 valence electrons. The minimum Gasteiger partial charge on any atom is -0.480 e. The Morgan fingerprint density at radius 2 is 1.90 bits per heavy atom. The average molecular weight is 298 g/mol. The third-order valence-corrected chi connectivity index (χ3v) is 2.71. The normalized spacial score (nSPS) is 14.4. The molecule has 1 rings (SSSR count). The third-order valence-electron chi connectivity index (χ3n) is 2.71. The molecule has 0 aliphatic rings. The number of hydrogen-bond donors (Lipinski definition) is 2. The number of aromatic nitrogens is 3. The van der Waals surface area contributed by atoms with Crippen LogP contribution in [0.5, 0.6) is 0 Å². The predicted octanol–water partition coefficient (Wildman–Crippen LogP) is 1.43. The highest BCUT2D eigenvalue weighted by Gasteiger charge is 2.31. The quantitative estimate of drug-likeness (QED) is 0.871. The minimum atomic E-state index is -1.17. The Morgan fingerprint density at radius 3 is 2.29 bits per heavy atom. The van der Waals surface area contributed by atoms with Gasteiger partial charge in [-0.15, -0.1) is 0 Å². The molecule has 21 heavy (non-hydrogen) atoms. The number of nitrogens with zero attached hydrogens (tertiary/aromatic N) is 3. The summed E-state index contributed by atoms with van der Waals surface area (Å²) in [6.45, 7) is 10.2. The summed E-state index contributed by atoms with van der Waals surface area (Å²) in [7, 11) is 0. The maximum Gasteiger partial charge on any atom is 0.408 e. The highest BCUT2D eigenvalue weighted by atomic mass is 16.6. The molecule has 1 aromatic rings. The van der Waals surface area contributed by atoms with Crippen LogP contribution in [0.4, 0.5) is 4.79 Å². The van der Waals surface area contributed by atoms with Crippen LogP contribution in [0.3, 0.4) is 0 Å². The average Bonchev–Trinajstić information content (AvgIpc) is 2.61. The van der Waals surface area contributed by atoms with Gasteiger partial charge in [0.1, 0.15) is 17.2 Å². The first kappa shape index (κ1) is 16.9. The lowest BCUT2D eigenvalue weighted by atomic mass is 10.1. The van der Waals surface area contributed by atoms with Crippen LogP contribution >= 0.6 is 0 Å². The van der Waals surface area contributed by atoms with Crippen LogP contribution in [0.15, 0.2) is 0 Å². The van der Waals surface area contributed by atoms with E-state index in [0.717, 1.165) is 0 Å². The number of aryl methyl sites for hydroxylation is 2. The number of aliphatic carboxylic acids is 1. The fourth-order valence-corrected chi connectivity index (χ4v) is 1.89. The fourth-order valence-electron chi connectivity index (χ4n) is 1.89. The van der Waals surface area contributed by atoms with Gasteiger partial charge >= 0.3 is 12.1 Å². The maximum absolute atomic E-state index is 11.8. The maximum atomic E-state index is 11.8. The number of hydrogen-bond acceptors (Lipinski definition) is 5. The molecule has 2 atom stereocenters. The molecule has 1 aromatic heterocycles. The first-order valence-corrected chi connectivity index (χ1v) is 6.63. The van der Waals surface area contributed by atoms with Gasteiger partial charge in [-0.05, 0) is 41.5 Å². The summed E-state index contributed by atoms with van der Waals surface area (Å²) in [5, 5.41) is 15.8. The molecule has 8 nitrogen and oxygen atoms in total. The number of alkyl carbamates (subject to hydrolysis) is 1. The van der Waals surface area contributed by atoms with Crippen LogP contribution in [0.1, 0.15) is 45.4 Å². The highest BCUT2D eigenvalue weighted by molar-refractivity contribution is 5.80. The first-order chi connectivity index (χ1) is 9.51. The molecule has 0 saturated heterocycles. The van der Waals surface area contributed by atoms with Gasteiger partial charge < -0.3 is 15.2 Å². The van der Waals surface area contributed by atoms with E-state index in [1.54, 1.807) is 41.5 Å². The zero-order chi connectivity index (χ0) is 16.4. The summed E-state index contributed by atoms with van der Waals surface area (Å²) in [4.78, 5) is 27.3. The van der Waals surface area contributed by atoms with Crippen LogP contribution in [-0.4, -0.2) is 43.6 Å². The molecule has 2 unspecified atom stereocenters. The number of rotatable bonds is 4. The van der Waals surface area contributed by atoms with Crippen molar-refractivity contribution in [2.75, 3.05) is 0 Å². The Kier molecular flexibility index (Phi) is 4.93. The Morgan fingerprint density at radius 1 is 1.33 bits per heavy atom. The molecule has 0 fully saturated rings. The van der Waals surface area contributed by atoms with Crippen molar-refractivity contribution in [2.45, 2.75) is 59.2 Å². The van der Waals surface area contributed by atoms with E-state index < -0.39 is 29.7 Å². The van der Waals surface area contributed by atoms with Crippen molar-refractivity contribution in [2.24, 2.45) is 0 Å². The number of carboxylic acids is 1. The van der Waals surface area contributed by atoms with Gasteiger partial charge in [-0.2, -0.15) is 5.10 Å². The van der Waals surface area contributed by atoms with Gasteiger partial charge in [0.2, 0.25) is 0 Å². The molecular formula is C13H22N4O4. The number of carboxylic acid groups (broad SMARTS) is 1. The number of carbonyl (C=O) groups excluding carboxylic acids is 1. The summed E-state index contributed by atoms with van der Waals surface area (Å²) in [6, 6.07) is -1.77. The zero-order valence-electron chi connectivity index (χ0n) is 13.2. The summed E-state index contributed by atoms with van der Waals surface area (Å²) in [5.41, 5.74) is -0.698. The van der Waals surface area contributed by atoms with Crippen molar-refractivity contribution >= 4 is 12.1 Å². The van der Waals surface area contributed by atoms with Crippen LogP contribution in [-0.2, 0) is 9.53 Å². The van der Waals surface area contributed by atoms with Gasteiger partial charge in [0.05, 0.1) is 6.04 Å². The lowest BCUT2D eigenvalue weighted by molar-refractivity contribution is -0.140. The summed E-state index contributed by atoms with van der Waals surface area (Å²) in [5.74, 6) is -0.0427. The summed E-state index contributed by atoms with van der Waals surface area (Å²) < 4.78 is 6.56. The highest BCUT2D eigenvalue weighted by Crippen LogP contribution is 2.14. The molecule has 0 saturated carbocycles. The standard InChI is InChI=1S/C13H22N4O4/c1-7(17-9(3)14-8(2)16-17)10(11(18)19)15-12(20)21-13(4,5)6/h7,10H,1-6H3,(H,15,20)(H,18,19). The SMILES string of the molecule is Cc1nc(C)n(C(C)C(NC(=O)OC(C)(C)C)C(=O)O)n1. The van der Waals surface area contributed by atoms with Crippen LogP contribution in [0.25, 0.3) is 0 Å². The predicted molar refractivity (Wildman–Crippen MR) is 75.0 cm³/mol. The molecule has 0 aliphatic heterocycles. The van der Waals surface area contributed by atoms with Gasteiger partial charge in [-0.3, -0.25) is 0 Å². The number of carbonyl (C=O) groups is 2. The lowest BCUT2D eigenvalue weighted by Crippen LogP contribution is -2.47. The molecule has 0 aliphatic carbocycles. The molecule has 2 N–H and O–H groups in total. The van der Waals surface area contributed by atoms with Crippen molar-refractivity contribution < 1.29 is 19.4 Å². The largest absolute Gasteiger partial charge is 0.480 e. The van der Waals surface area contributed by atoms with E-state index in [1.807, 2.05) is 0 Å². The number of amides is 1. The Bertz CT molecular complexity index is 533. The topological polar surface area (TPSA) is 106 Å². The van der Waals surface area contributed by atoms with Crippen molar-refractivity contribution in [3.63, 3.8) is 0 Å². The Hall–Kier alpha value is -2.12. The van der Waals surface area contributed by atoms with Gasteiger partial charge in [0.25, 0.3) is 0 Å². The van der Waals surface area contributed by atoms with E-state index in [0.29, 0.717) is 11.6 Å². The lowest BCUT2D eigenvalue weighted by Gasteiger charge is -2.25. The van der Waals surface area contributed by atoms with E-state index in [2.05, 4.69) is 15.4 Å².